The van der Waals surface area contributed by atoms with E-state index in [-0.39, 0.29) is 0 Å². The normalized spacial score (nSPS) is 29.7. The smallest absolute Gasteiger partial charge is 0.193 e. The number of nitrogens with one attached hydrogen (secondary N) is 1. The van der Waals surface area contributed by atoms with Crippen molar-refractivity contribution in [3.63, 3.8) is 0 Å². The Labute approximate surface area is 161 Å². The quantitative estimate of drug-likeness (QED) is 0.580. The molecule has 0 radical (unpaired) electrons. The van der Waals surface area contributed by atoms with Crippen molar-refractivity contribution in [3.05, 3.63) is 0 Å². The van der Waals surface area contributed by atoms with E-state index in [2.05, 4.69) is 40.8 Å². The number of guanidine groups is 1. The van der Waals surface area contributed by atoms with Crippen molar-refractivity contribution < 1.29 is 0 Å². The van der Waals surface area contributed by atoms with Gasteiger partial charge in [-0.05, 0) is 44.1 Å². The van der Waals surface area contributed by atoms with Crippen LogP contribution < -0.4 is 5.32 Å². The average Bonchev–Trinajstić information content (AvgIpc) is 3.09. The fourth-order valence-corrected chi connectivity index (χ4v) is 5.03. The molecule has 3 unspecified atom stereocenters. The van der Waals surface area contributed by atoms with Crippen LogP contribution in [-0.2, 0) is 0 Å². The van der Waals surface area contributed by atoms with Gasteiger partial charge >= 0.3 is 0 Å². The van der Waals surface area contributed by atoms with Gasteiger partial charge in [0.05, 0.1) is 0 Å². The van der Waals surface area contributed by atoms with Crippen LogP contribution in [0, 0.1) is 17.8 Å². The number of hydrogen-bond donors (Lipinski definition) is 1. The standard InChI is InChI=1S/C21H41N5/c1-4-22-21(26-16-19-8-6-7-9-20(19)17-26)23-14-18(3)15-25-12-10-24(5-2)11-13-25/h18-20H,4-17H2,1-3H3,(H,22,23). The first-order chi connectivity index (χ1) is 12.7. The van der Waals surface area contributed by atoms with Crippen LogP contribution in [0.2, 0.25) is 0 Å². The second-order valence-electron chi connectivity index (χ2n) is 8.74. The van der Waals surface area contributed by atoms with E-state index in [9.17, 15) is 0 Å². The van der Waals surface area contributed by atoms with Crippen LogP contribution in [0.5, 0.6) is 0 Å². The number of nitrogens with zero attached hydrogens (tertiary/aromatic N) is 4. The van der Waals surface area contributed by atoms with Gasteiger partial charge < -0.3 is 20.0 Å². The molecule has 0 bridgehead atoms. The Bertz CT molecular complexity index is 430. The van der Waals surface area contributed by atoms with Gasteiger partial charge in [-0.2, -0.15) is 0 Å². The molecule has 150 valence electrons. The molecule has 2 saturated heterocycles. The average molecular weight is 364 g/mol. The lowest BCUT2D eigenvalue weighted by molar-refractivity contribution is 0.125. The van der Waals surface area contributed by atoms with Crippen LogP contribution in [0.15, 0.2) is 4.99 Å². The number of piperazine rings is 1. The van der Waals surface area contributed by atoms with Crippen molar-refractivity contribution in [2.24, 2.45) is 22.7 Å². The molecule has 0 amide bonds. The number of hydrogen-bond acceptors (Lipinski definition) is 3. The Hall–Kier alpha value is -0.810. The number of likely N-dealkylation sites (N-methyl/N-ethyl adjacent to an activating group) is 1. The van der Waals surface area contributed by atoms with E-state index in [1.54, 1.807) is 0 Å². The molecule has 1 N–H and O–H groups in total. The van der Waals surface area contributed by atoms with Gasteiger partial charge in [0, 0.05) is 58.9 Å². The van der Waals surface area contributed by atoms with E-state index in [1.165, 1.54) is 84.0 Å². The van der Waals surface area contributed by atoms with Gasteiger partial charge in [0.25, 0.3) is 0 Å². The Morgan fingerprint density at radius 3 is 2.19 bits per heavy atom. The van der Waals surface area contributed by atoms with E-state index in [0.717, 1.165) is 24.9 Å². The minimum Gasteiger partial charge on any atom is -0.357 e. The monoisotopic (exact) mass is 363 g/mol. The van der Waals surface area contributed by atoms with Crippen molar-refractivity contribution in [2.45, 2.75) is 46.5 Å². The molecule has 0 spiro atoms. The molecule has 3 fully saturated rings. The van der Waals surface area contributed by atoms with E-state index in [1.807, 2.05) is 0 Å². The molecule has 1 saturated carbocycles. The summed E-state index contributed by atoms with van der Waals surface area (Å²) in [7, 11) is 0. The molecule has 5 heteroatoms. The third kappa shape index (κ3) is 5.35. The number of likely N-dealkylation sites (tertiary alicyclic amines) is 1. The summed E-state index contributed by atoms with van der Waals surface area (Å²) in [4.78, 5) is 12.8. The van der Waals surface area contributed by atoms with Crippen molar-refractivity contribution >= 4 is 5.96 Å². The molecule has 3 rings (SSSR count). The second kappa shape index (κ2) is 9.93. The molecular formula is C21H41N5. The van der Waals surface area contributed by atoms with Crippen molar-refractivity contribution in [3.8, 4) is 0 Å². The molecule has 0 aromatic carbocycles. The fourth-order valence-electron chi connectivity index (χ4n) is 5.03. The second-order valence-corrected chi connectivity index (χ2v) is 8.74. The van der Waals surface area contributed by atoms with Crippen LogP contribution in [0.1, 0.15) is 46.5 Å². The van der Waals surface area contributed by atoms with Crippen LogP contribution in [0.4, 0.5) is 0 Å². The van der Waals surface area contributed by atoms with E-state index >= 15 is 0 Å². The van der Waals surface area contributed by atoms with Gasteiger partial charge in [0.2, 0.25) is 0 Å². The van der Waals surface area contributed by atoms with E-state index < -0.39 is 0 Å². The van der Waals surface area contributed by atoms with Gasteiger partial charge in [0.15, 0.2) is 5.96 Å². The van der Waals surface area contributed by atoms with Crippen LogP contribution in [0.3, 0.4) is 0 Å². The molecule has 2 aliphatic heterocycles. The first kappa shape index (κ1) is 19.9. The molecule has 0 aromatic rings. The largest absolute Gasteiger partial charge is 0.357 e. The molecule has 26 heavy (non-hydrogen) atoms. The fraction of sp³-hybridized carbons (Fsp3) is 0.952. The summed E-state index contributed by atoms with van der Waals surface area (Å²) in [5.41, 5.74) is 0. The van der Waals surface area contributed by atoms with Crippen LogP contribution in [-0.4, -0.2) is 86.1 Å². The van der Waals surface area contributed by atoms with Crippen LogP contribution in [0.25, 0.3) is 0 Å². The first-order valence-corrected chi connectivity index (χ1v) is 11.2. The molecular weight excluding hydrogens is 322 g/mol. The molecule has 5 nitrogen and oxygen atoms in total. The summed E-state index contributed by atoms with van der Waals surface area (Å²) in [5, 5.41) is 3.56. The SMILES string of the molecule is CCNC(=NCC(C)CN1CCN(CC)CC1)N1CC2CCCCC2C1. The van der Waals surface area contributed by atoms with Gasteiger partial charge in [-0.15, -0.1) is 0 Å². The van der Waals surface area contributed by atoms with Crippen LogP contribution >= 0.6 is 0 Å². The highest BCUT2D eigenvalue weighted by Gasteiger charge is 2.35. The molecule has 2 heterocycles. The van der Waals surface area contributed by atoms with Gasteiger partial charge in [0.1, 0.15) is 0 Å². The lowest BCUT2D eigenvalue weighted by Gasteiger charge is -2.35. The van der Waals surface area contributed by atoms with Gasteiger partial charge in [-0.25, -0.2) is 0 Å². The zero-order chi connectivity index (χ0) is 18.4. The Balaban J connectivity index is 1.47. The summed E-state index contributed by atoms with van der Waals surface area (Å²) in [6.45, 7) is 18.5. The predicted octanol–water partition coefficient (Wildman–Crippen LogP) is 2.35. The number of fused-ring (bicyclic) bond motifs is 1. The Morgan fingerprint density at radius 2 is 1.62 bits per heavy atom. The molecule has 3 atom stereocenters. The molecule has 3 aliphatic rings. The zero-order valence-corrected chi connectivity index (χ0v) is 17.4. The van der Waals surface area contributed by atoms with Gasteiger partial charge in [-0.1, -0.05) is 26.7 Å². The maximum absolute atomic E-state index is 5.04. The highest BCUT2D eigenvalue weighted by molar-refractivity contribution is 5.80. The van der Waals surface area contributed by atoms with Crippen molar-refractivity contribution in [1.82, 2.24) is 20.0 Å². The maximum Gasteiger partial charge on any atom is 0.193 e. The Morgan fingerprint density at radius 1 is 1.00 bits per heavy atom. The lowest BCUT2D eigenvalue weighted by atomic mass is 9.82. The maximum atomic E-state index is 5.04. The first-order valence-electron chi connectivity index (χ1n) is 11.2. The molecule has 0 aromatic heterocycles. The summed E-state index contributed by atoms with van der Waals surface area (Å²) in [5.74, 6) is 3.63. The molecule has 1 aliphatic carbocycles. The van der Waals surface area contributed by atoms with Gasteiger partial charge in [-0.3, -0.25) is 4.99 Å². The summed E-state index contributed by atoms with van der Waals surface area (Å²) in [6.07, 6.45) is 5.73. The zero-order valence-electron chi connectivity index (χ0n) is 17.4. The van der Waals surface area contributed by atoms with E-state index in [4.69, 9.17) is 4.99 Å². The third-order valence-electron chi connectivity index (χ3n) is 6.65. The highest BCUT2D eigenvalue weighted by Crippen LogP contribution is 2.35. The topological polar surface area (TPSA) is 34.1 Å². The number of aliphatic imine (C=N–C) groups is 1. The highest BCUT2D eigenvalue weighted by atomic mass is 15.3. The summed E-state index contributed by atoms with van der Waals surface area (Å²) < 4.78 is 0. The van der Waals surface area contributed by atoms with Crippen molar-refractivity contribution in [2.75, 3.05) is 65.4 Å². The summed E-state index contributed by atoms with van der Waals surface area (Å²) >= 11 is 0. The van der Waals surface area contributed by atoms with E-state index in [0.29, 0.717) is 5.92 Å². The Kier molecular flexibility index (Phi) is 7.62. The predicted molar refractivity (Wildman–Crippen MR) is 111 cm³/mol. The van der Waals surface area contributed by atoms with Crippen molar-refractivity contribution in [1.29, 1.82) is 0 Å². The minimum absolute atomic E-state index is 0.627. The lowest BCUT2D eigenvalue weighted by Crippen LogP contribution is -2.47. The number of rotatable bonds is 6. The minimum atomic E-state index is 0.627. The third-order valence-corrected chi connectivity index (χ3v) is 6.65. The summed E-state index contributed by atoms with van der Waals surface area (Å²) in [6, 6.07) is 0.